The zero-order chi connectivity index (χ0) is 12.8. The highest BCUT2D eigenvalue weighted by molar-refractivity contribution is 5.86. The molecule has 0 saturated heterocycles. The topological polar surface area (TPSA) is 60.0 Å². The highest BCUT2D eigenvalue weighted by atomic mass is 15.4. The summed E-state index contributed by atoms with van der Waals surface area (Å²) in [5.74, 6) is 1.63. The Balaban J connectivity index is 1.83. The van der Waals surface area contributed by atoms with Crippen LogP contribution in [0.5, 0.6) is 0 Å². The first-order valence-electron chi connectivity index (χ1n) is 6.26. The third-order valence-electron chi connectivity index (χ3n) is 3.53. The normalized spacial score (nSPS) is 14.0. The Morgan fingerprint density at radius 1 is 1.05 bits per heavy atom. The van der Waals surface area contributed by atoms with Crippen LogP contribution in [-0.4, -0.2) is 21.3 Å². The van der Waals surface area contributed by atoms with E-state index in [2.05, 4.69) is 33.2 Å². The van der Waals surface area contributed by atoms with Crippen LogP contribution < -0.4 is 10.6 Å². The zero-order valence-electron chi connectivity index (χ0n) is 10.3. The van der Waals surface area contributed by atoms with Gasteiger partial charge in [-0.15, -0.1) is 0 Å². The fourth-order valence-electron chi connectivity index (χ4n) is 2.62. The quantitative estimate of drug-likeness (QED) is 0.720. The van der Waals surface area contributed by atoms with Gasteiger partial charge >= 0.3 is 0 Å². The number of aromatic nitrogens is 3. The molecule has 3 aromatic rings. The number of hydrogen-bond acceptors (Lipinski definition) is 4. The van der Waals surface area contributed by atoms with E-state index < -0.39 is 0 Å². The number of pyridine rings is 1. The van der Waals surface area contributed by atoms with Crippen LogP contribution in [-0.2, 0) is 6.54 Å². The number of hydrogen-bond donors (Lipinski definition) is 1. The van der Waals surface area contributed by atoms with E-state index in [0.29, 0.717) is 5.82 Å². The van der Waals surface area contributed by atoms with Crippen molar-refractivity contribution in [3.8, 4) is 0 Å². The lowest BCUT2D eigenvalue weighted by Gasteiger charge is -2.17. The molecular weight excluding hydrogens is 238 g/mol. The monoisotopic (exact) mass is 251 g/mol. The van der Waals surface area contributed by atoms with Gasteiger partial charge < -0.3 is 10.6 Å². The predicted molar refractivity (Wildman–Crippen MR) is 75.4 cm³/mol. The van der Waals surface area contributed by atoms with Gasteiger partial charge in [-0.1, -0.05) is 6.07 Å². The maximum absolute atomic E-state index is 5.75. The third kappa shape index (κ3) is 1.55. The van der Waals surface area contributed by atoms with Gasteiger partial charge in [0.2, 0.25) is 0 Å². The maximum atomic E-state index is 5.75. The predicted octanol–water partition coefficient (Wildman–Crippen LogP) is 2.17. The van der Waals surface area contributed by atoms with E-state index in [1.54, 1.807) is 0 Å². The average Bonchev–Trinajstić information content (AvgIpc) is 2.97. The molecule has 4 rings (SSSR count). The molecule has 1 aliphatic heterocycles. The molecule has 0 aliphatic carbocycles. The molecule has 1 aromatic carbocycles. The molecule has 94 valence electrons. The number of nitrogens with zero attached hydrogens (tertiary/aromatic N) is 4. The zero-order valence-corrected chi connectivity index (χ0v) is 10.3. The third-order valence-corrected chi connectivity index (χ3v) is 3.53. The molecule has 0 saturated carbocycles. The van der Waals surface area contributed by atoms with Gasteiger partial charge in [0.05, 0.1) is 6.54 Å². The van der Waals surface area contributed by atoms with Gasteiger partial charge in [-0.25, -0.2) is 4.68 Å². The van der Waals surface area contributed by atoms with Gasteiger partial charge in [0.15, 0.2) is 0 Å². The summed E-state index contributed by atoms with van der Waals surface area (Å²) in [7, 11) is 0. The van der Waals surface area contributed by atoms with Crippen molar-refractivity contribution in [1.82, 2.24) is 14.8 Å². The van der Waals surface area contributed by atoms with Crippen LogP contribution in [0, 0.1) is 0 Å². The van der Waals surface area contributed by atoms with E-state index in [0.717, 1.165) is 30.0 Å². The van der Waals surface area contributed by atoms with E-state index >= 15 is 0 Å². The standard InChI is InChI=1S/C14H13N5/c15-13-8-14-18(5-6-19(14)17-13)12-2-1-11-9-16-4-3-10(11)7-12/h1-4,7-9H,5-6H2,(H2,15,17). The van der Waals surface area contributed by atoms with Crippen molar-refractivity contribution in [2.75, 3.05) is 17.2 Å². The molecule has 2 aromatic heterocycles. The van der Waals surface area contributed by atoms with Gasteiger partial charge in [-0.2, -0.15) is 5.10 Å². The SMILES string of the molecule is Nc1cc2n(n1)CCN2c1ccc2cnccc2c1. The van der Waals surface area contributed by atoms with E-state index in [9.17, 15) is 0 Å². The van der Waals surface area contributed by atoms with E-state index in [1.165, 1.54) is 5.39 Å². The minimum absolute atomic E-state index is 0.574. The van der Waals surface area contributed by atoms with Crippen molar-refractivity contribution < 1.29 is 0 Å². The lowest BCUT2D eigenvalue weighted by Crippen LogP contribution is -2.13. The number of rotatable bonds is 1. The molecule has 1 aliphatic rings. The second-order valence-corrected chi connectivity index (χ2v) is 4.71. The van der Waals surface area contributed by atoms with E-state index in [1.807, 2.05) is 29.2 Å². The smallest absolute Gasteiger partial charge is 0.147 e. The van der Waals surface area contributed by atoms with Crippen LogP contribution in [0.2, 0.25) is 0 Å². The number of benzene rings is 1. The first kappa shape index (κ1) is 10.4. The second kappa shape index (κ2) is 3.71. The Morgan fingerprint density at radius 3 is 2.95 bits per heavy atom. The number of anilines is 3. The van der Waals surface area contributed by atoms with Crippen LogP contribution in [0.4, 0.5) is 17.3 Å². The van der Waals surface area contributed by atoms with Gasteiger partial charge in [-0.3, -0.25) is 4.98 Å². The molecule has 0 bridgehead atoms. The Hall–Kier alpha value is -2.56. The molecular formula is C14H13N5. The summed E-state index contributed by atoms with van der Waals surface area (Å²) in [6, 6.07) is 10.3. The minimum Gasteiger partial charge on any atom is -0.382 e. The van der Waals surface area contributed by atoms with Crippen molar-refractivity contribution in [1.29, 1.82) is 0 Å². The lowest BCUT2D eigenvalue weighted by molar-refractivity contribution is 0.696. The van der Waals surface area contributed by atoms with Gasteiger partial charge in [-0.05, 0) is 23.6 Å². The van der Waals surface area contributed by atoms with Crippen molar-refractivity contribution in [3.05, 3.63) is 42.7 Å². The van der Waals surface area contributed by atoms with Crippen LogP contribution in [0.1, 0.15) is 0 Å². The molecule has 0 fully saturated rings. The molecule has 5 heteroatoms. The molecule has 3 heterocycles. The van der Waals surface area contributed by atoms with Gasteiger partial charge in [0, 0.05) is 36.1 Å². The van der Waals surface area contributed by atoms with Gasteiger partial charge in [0.1, 0.15) is 11.6 Å². The van der Waals surface area contributed by atoms with Crippen LogP contribution >= 0.6 is 0 Å². The second-order valence-electron chi connectivity index (χ2n) is 4.71. The molecule has 0 radical (unpaired) electrons. The first-order valence-corrected chi connectivity index (χ1v) is 6.26. The highest BCUT2D eigenvalue weighted by Gasteiger charge is 2.22. The molecule has 0 spiro atoms. The van der Waals surface area contributed by atoms with E-state index in [-0.39, 0.29) is 0 Å². The minimum atomic E-state index is 0.574. The summed E-state index contributed by atoms with van der Waals surface area (Å²) >= 11 is 0. The van der Waals surface area contributed by atoms with Crippen LogP contribution in [0.15, 0.2) is 42.7 Å². The fraction of sp³-hybridized carbons (Fsp3) is 0.143. The summed E-state index contributed by atoms with van der Waals surface area (Å²) < 4.78 is 1.95. The maximum Gasteiger partial charge on any atom is 0.147 e. The Morgan fingerprint density at radius 2 is 2.00 bits per heavy atom. The molecule has 2 N–H and O–H groups in total. The van der Waals surface area contributed by atoms with Crippen molar-refractivity contribution >= 4 is 28.1 Å². The number of nitrogen functional groups attached to an aromatic ring is 1. The Labute approximate surface area is 110 Å². The number of fused-ring (bicyclic) bond motifs is 2. The molecule has 0 atom stereocenters. The average molecular weight is 251 g/mol. The molecule has 19 heavy (non-hydrogen) atoms. The van der Waals surface area contributed by atoms with Crippen molar-refractivity contribution in [2.24, 2.45) is 0 Å². The fourth-order valence-corrected chi connectivity index (χ4v) is 2.62. The summed E-state index contributed by atoms with van der Waals surface area (Å²) in [6.07, 6.45) is 3.70. The summed E-state index contributed by atoms with van der Waals surface area (Å²) in [5, 5.41) is 6.62. The lowest BCUT2D eigenvalue weighted by atomic mass is 10.1. The summed E-state index contributed by atoms with van der Waals surface area (Å²) in [6.45, 7) is 1.81. The van der Waals surface area contributed by atoms with E-state index in [4.69, 9.17) is 5.73 Å². The van der Waals surface area contributed by atoms with Crippen LogP contribution in [0.3, 0.4) is 0 Å². The number of nitrogens with two attached hydrogens (primary N) is 1. The largest absolute Gasteiger partial charge is 0.382 e. The Kier molecular flexibility index (Phi) is 2.03. The van der Waals surface area contributed by atoms with Crippen LogP contribution in [0.25, 0.3) is 10.8 Å². The molecule has 0 unspecified atom stereocenters. The first-order chi connectivity index (χ1) is 9.31. The molecule has 5 nitrogen and oxygen atoms in total. The van der Waals surface area contributed by atoms with Crippen molar-refractivity contribution in [3.63, 3.8) is 0 Å². The molecule has 0 amide bonds. The summed E-state index contributed by atoms with van der Waals surface area (Å²) in [5.41, 5.74) is 6.92. The van der Waals surface area contributed by atoms with Crippen molar-refractivity contribution in [2.45, 2.75) is 6.54 Å². The summed E-state index contributed by atoms with van der Waals surface area (Å²) in [4.78, 5) is 6.37. The highest BCUT2D eigenvalue weighted by Crippen LogP contribution is 2.32. The van der Waals surface area contributed by atoms with Gasteiger partial charge in [0.25, 0.3) is 0 Å². The Bertz CT molecular complexity index is 761.